The topological polar surface area (TPSA) is 54.0 Å². The Balaban J connectivity index is 2.06. The van der Waals surface area contributed by atoms with Crippen molar-refractivity contribution in [3.05, 3.63) is 52.3 Å². The Hall–Kier alpha value is -1.78. The molecule has 4 nitrogen and oxygen atoms in total. The quantitative estimate of drug-likeness (QED) is 0.686. The maximum atomic E-state index is 12.1. The van der Waals surface area contributed by atoms with Crippen molar-refractivity contribution in [2.24, 2.45) is 0 Å². The van der Waals surface area contributed by atoms with Crippen LogP contribution in [0.4, 0.5) is 11.4 Å². The number of para-hydroxylation sites is 1. The normalized spacial score (nSPS) is 10.4. The van der Waals surface area contributed by atoms with Crippen LogP contribution >= 0.6 is 23.2 Å². The number of rotatable bonds is 7. The van der Waals surface area contributed by atoms with Crippen LogP contribution in [0.1, 0.15) is 36.7 Å². The summed E-state index contributed by atoms with van der Waals surface area (Å²) in [7, 11) is 0. The highest BCUT2D eigenvalue weighted by molar-refractivity contribution is 6.39. The molecule has 0 saturated carbocycles. The third-order valence-corrected chi connectivity index (χ3v) is 3.92. The van der Waals surface area contributed by atoms with E-state index in [-0.39, 0.29) is 5.91 Å². The van der Waals surface area contributed by atoms with Crippen molar-refractivity contribution < 1.29 is 4.79 Å². The van der Waals surface area contributed by atoms with Crippen molar-refractivity contribution in [2.45, 2.75) is 26.2 Å². The van der Waals surface area contributed by atoms with Crippen molar-refractivity contribution in [1.29, 1.82) is 0 Å². The second kappa shape index (κ2) is 8.75. The summed E-state index contributed by atoms with van der Waals surface area (Å²) in [5.41, 5.74) is 1.67. The van der Waals surface area contributed by atoms with Gasteiger partial charge in [-0.3, -0.25) is 9.78 Å². The highest BCUT2D eigenvalue weighted by atomic mass is 35.5. The van der Waals surface area contributed by atoms with E-state index in [1.165, 1.54) is 0 Å². The van der Waals surface area contributed by atoms with Crippen molar-refractivity contribution in [1.82, 2.24) is 10.3 Å². The van der Waals surface area contributed by atoms with Crippen LogP contribution in [0, 0.1) is 0 Å². The zero-order valence-corrected chi connectivity index (χ0v) is 14.4. The molecule has 23 heavy (non-hydrogen) atoms. The minimum absolute atomic E-state index is 0.185. The summed E-state index contributed by atoms with van der Waals surface area (Å²) in [6.45, 7) is 2.78. The molecule has 2 N–H and O–H groups in total. The molecule has 6 heteroatoms. The van der Waals surface area contributed by atoms with Gasteiger partial charge in [-0.2, -0.15) is 0 Å². The standard InChI is InChI=1S/C17H19Cl2N3O/c1-2-3-4-9-21-17(23)15-11-12(8-10-20-15)22-16-13(18)6-5-7-14(16)19/h5-8,10-11H,2-4,9H2,1H3,(H,20,22)(H,21,23). The summed E-state index contributed by atoms with van der Waals surface area (Å²) in [5.74, 6) is -0.185. The summed E-state index contributed by atoms with van der Waals surface area (Å²) in [6.07, 6.45) is 4.76. The van der Waals surface area contributed by atoms with Gasteiger partial charge in [0.25, 0.3) is 5.91 Å². The van der Waals surface area contributed by atoms with Gasteiger partial charge in [0.2, 0.25) is 0 Å². The van der Waals surface area contributed by atoms with Crippen LogP contribution in [0.3, 0.4) is 0 Å². The summed E-state index contributed by atoms with van der Waals surface area (Å²) >= 11 is 12.3. The molecule has 0 unspecified atom stereocenters. The Morgan fingerprint density at radius 3 is 2.61 bits per heavy atom. The van der Waals surface area contributed by atoms with Gasteiger partial charge in [0.05, 0.1) is 15.7 Å². The predicted molar refractivity (Wildman–Crippen MR) is 95.8 cm³/mol. The van der Waals surface area contributed by atoms with E-state index >= 15 is 0 Å². The lowest BCUT2D eigenvalue weighted by atomic mass is 10.2. The van der Waals surface area contributed by atoms with E-state index < -0.39 is 0 Å². The molecule has 1 aromatic heterocycles. The SMILES string of the molecule is CCCCCNC(=O)c1cc(Nc2c(Cl)cccc2Cl)ccn1. The number of pyridine rings is 1. The first kappa shape index (κ1) is 17.6. The van der Waals surface area contributed by atoms with E-state index in [9.17, 15) is 4.79 Å². The third-order valence-electron chi connectivity index (χ3n) is 3.29. The number of carbonyl (C=O) groups is 1. The average Bonchev–Trinajstić information content (AvgIpc) is 2.55. The minimum atomic E-state index is -0.185. The summed E-state index contributed by atoms with van der Waals surface area (Å²) in [5, 5.41) is 7.02. The fourth-order valence-corrected chi connectivity index (χ4v) is 2.55. The molecule has 0 aliphatic rings. The highest BCUT2D eigenvalue weighted by Gasteiger charge is 2.09. The van der Waals surface area contributed by atoms with Gasteiger partial charge in [0.1, 0.15) is 5.69 Å². The fraction of sp³-hybridized carbons (Fsp3) is 0.294. The predicted octanol–water partition coefficient (Wildman–Crippen LogP) is 5.05. The Morgan fingerprint density at radius 2 is 1.91 bits per heavy atom. The van der Waals surface area contributed by atoms with Crippen molar-refractivity contribution in [3.63, 3.8) is 0 Å². The molecule has 1 aromatic carbocycles. The molecule has 0 radical (unpaired) electrons. The number of benzene rings is 1. The average molecular weight is 352 g/mol. The Morgan fingerprint density at radius 1 is 1.17 bits per heavy atom. The van der Waals surface area contributed by atoms with Gasteiger partial charge in [0.15, 0.2) is 0 Å². The van der Waals surface area contributed by atoms with Crippen LogP contribution in [-0.2, 0) is 0 Å². The lowest BCUT2D eigenvalue weighted by molar-refractivity contribution is 0.0948. The van der Waals surface area contributed by atoms with E-state index in [0.717, 1.165) is 19.3 Å². The number of hydrogen-bond donors (Lipinski definition) is 2. The van der Waals surface area contributed by atoms with Gasteiger partial charge in [-0.25, -0.2) is 0 Å². The number of unbranched alkanes of at least 4 members (excludes halogenated alkanes) is 2. The summed E-state index contributed by atoms with van der Waals surface area (Å²) < 4.78 is 0. The smallest absolute Gasteiger partial charge is 0.269 e. The number of nitrogens with one attached hydrogen (secondary N) is 2. The van der Waals surface area contributed by atoms with Gasteiger partial charge >= 0.3 is 0 Å². The number of nitrogens with zero attached hydrogens (tertiary/aromatic N) is 1. The zero-order chi connectivity index (χ0) is 16.7. The molecule has 122 valence electrons. The third kappa shape index (κ3) is 5.12. The largest absolute Gasteiger partial charge is 0.353 e. The first-order chi connectivity index (χ1) is 11.1. The van der Waals surface area contributed by atoms with Gasteiger partial charge in [-0.15, -0.1) is 0 Å². The minimum Gasteiger partial charge on any atom is -0.353 e. The van der Waals surface area contributed by atoms with Crippen LogP contribution in [0.25, 0.3) is 0 Å². The summed E-state index contributed by atoms with van der Waals surface area (Å²) in [4.78, 5) is 16.2. The molecule has 1 amide bonds. The molecule has 0 atom stereocenters. The maximum Gasteiger partial charge on any atom is 0.269 e. The number of aromatic nitrogens is 1. The van der Waals surface area contributed by atoms with Crippen LogP contribution in [0.5, 0.6) is 0 Å². The number of carbonyl (C=O) groups excluding carboxylic acids is 1. The van der Waals surface area contributed by atoms with E-state index in [2.05, 4.69) is 22.5 Å². The van der Waals surface area contributed by atoms with Crippen LogP contribution < -0.4 is 10.6 Å². The van der Waals surface area contributed by atoms with E-state index in [1.807, 2.05) is 0 Å². The van der Waals surface area contributed by atoms with Crippen LogP contribution in [0.2, 0.25) is 10.0 Å². The first-order valence-electron chi connectivity index (χ1n) is 7.57. The van der Waals surface area contributed by atoms with Gasteiger partial charge in [0, 0.05) is 18.4 Å². The monoisotopic (exact) mass is 351 g/mol. The fourth-order valence-electron chi connectivity index (χ4n) is 2.06. The Labute approximate surface area is 146 Å². The lowest BCUT2D eigenvalue weighted by Gasteiger charge is -2.11. The molecule has 0 aliphatic carbocycles. The van der Waals surface area contributed by atoms with Crippen molar-refractivity contribution in [2.75, 3.05) is 11.9 Å². The molecule has 2 aromatic rings. The highest BCUT2D eigenvalue weighted by Crippen LogP contribution is 2.32. The lowest BCUT2D eigenvalue weighted by Crippen LogP contribution is -2.25. The van der Waals surface area contributed by atoms with Crippen molar-refractivity contribution in [3.8, 4) is 0 Å². The van der Waals surface area contributed by atoms with E-state index in [0.29, 0.717) is 33.7 Å². The number of anilines is 2. The van der Waals surface area contributed by atoms with Crippen molar-refractivity contribution >= 4 is 40.5 Å². The second-order valence-corrected chi connectivity index (χ2v) is 5.93. The van der Waals surface area contributed by atoms with Crippen LogP contribution in [-0.4, -0.2) is 17.4 Å². The number of amides is 1. The molecule has 0 spiro atoms. The first-order valence-corrected chi connectivity index (χ1v) is 8.32. The Bertz CT molecular complexity index is 656. The van der Waals surface area contributed by atoms with Gasteiger partial charge in [-0.05, 0) is 30.7 Å². The zero-order valence-electron chi connectivity index (χ0n) is 12.9. The maximum absolute atomic E-state index is 12.1. The molecular weight excluding hydrogens is 333 g/mol. The van der Waals surface area contributed by atoms with E-state index in [4.69, 9.17) is 23.2 Å². The number of halogens is 2. The van der Waals surface area contributed by atoms with Gasteiger partial charge < -0.3 is 10.6 Å². The molecule has 0 saturated heterocycles. The second-order valence-electron chi connectivity index (χ2n) is 5.11. The molecule has 0 aliphatic heterocycles. The molecule has 0 fully saturated rings. The Kier molecular flexibility index (Phi) is 6.68. The number of hydrogen-bond acceptors (Lipinski definition) is 3. The molecule has 0 bridgehead atoms. The van der Waals surface area contributed by atoms with Gasteiger partial charge in [-0.1, -0.05) is 49.0 Å². The molecule has 2 rings (SSSR count). The molecular formula is C17H19Cl2N3O. The summed E-state index contributed by atoms with van der Waals surface area (Å²) in [6, 6.07) is 8.70. The van der Waals surface area contributed by atoms with E-state index in [1.54, 1.807) is 36.5 Å². The molecule has 1 heterocycles. The van der Waals surface area contributed by atoms with Crippen LogP contribution in [0.15, 0.2) is 36.5 Å².